The van der Waals surface area contributed by atoms with E-state index >= 15 is 0 Å². The van der Waals surface area contributed by atoms with Crippen LogP contribution in [-0.4, -0.2) is 30.7 Å². The second kappa shape index (κ2) is 7.21. The van der Waals surface area contributed by atoms with Crippen molar-refractivity contribution in [3.05, 3.63) is 88.5 Å². The minimum Gasteiger partial charge on any atom is -0.492 e. The van der Waals surface area contributed by atoms with Crippen molar-refractivity contribution in [2.45, 2.75) is 19.5 Å². The summed E-state index contributed by atoms with van der Waals surface area (Å²) in [6, 6.07) is 20.3. The number of amides is 1. The molecular formula is C25H22N2O2. The lowest BCUT2D eigenvalue weighted by Gasteiger charge is -2.21. The maximum absolute atomic E-state index is 13.3. The van der Waals surface area contributed by atoms with Crippen LogP contribution in [0.1, 0.15) is 32.6 Å². The Balaban J connectivity index is 1.45. The number of ether oxygens (including phenoxy) is 1. The Morgan fingerprint density at radius 1 is 1.03 bits per heavy atom. The Kier molecular flexibility index (Phi) is 4.39. The van der Waals surface area contributed by atoms with Crippen molar-refractivity contribution in [3.63, 3.8) is 0 Å². The number of hydrogen-bond acceptors (Lipinski definition) is 3. The molecule has 0 bridgehead atoms. The molecule has 0 atom stereocenters. The molecule has 2 heterocycles. The third-order valence-electron chi connectivity index (χ3n) is 5.72. The molecule has 2 aliphatic rings. The highest BCUT2D eigenvalue weighted by atomic mass is 16.5. The number of carbonyl (C=O) groups is 1. The van der Waals surface area contributed by atoms with Gasteiger partial charge in [0.15, 0.2) is 0 Å². The normalized spacial score (nSPS) is 13.7. The predicted molar refractivity (Wildman–Crippen MR) is 115 cm³/mol. The lowest BCUT2D eigenvalue weighted by atomic mass is 9.96. The molecule has 4 heteroatoms. The number of benzene rings is 3. The Morgan fingerprint density at radius 3 is 2.76 bits per heavy atom. The van der Waals surface area contributed by atoms with Gasteiger partial charge in [0.25, 0.3) is 5.91 Å². The zero-order valence-electron chi connectivity index (χ0n) is 16.4. The van der Waals surface area contributed by atoms with Crippen LogP contribution >= 0.6 is 0 Å². The average Bonchev–Trinajstić information content (AvgIpc) is 3.43. The maximum atomic E-state index is 13.3. The Hall–Kier alpha value is -3.40. The van der Waals surface area contributed by atoms with E-state index in [9.17, 15) is 4.79 Å². The Morgan fingerprint density at radius 2 is 1.90 bits per heavy atom. The van der Waals surface area contributed by atoms with Crippen LogP contribution in [0.5, 0.6) is 5.75 Å². The van der Waals surface area contributed by atoms with E-state index < -0.39 is 0 Å². The van der Waals surface area contributed by atoms with Gasteiger partial charge in [0.1, 0.15) is 5.75 Å². The summed E-state index contributed by atoms with van der Waals surface area (Å²) in [6.45, 7) is 1.89. The van der Waals surface area contributed by atoms with Crippen molar-refractivity contribution >= 4 is 12.1 Å². The molecule has 4 nitrogen and oxygen atoms in total. The number of nitrogens with zero attached hydrogens (tertiary/aromatic N) is 2. The first-order valence-electron chi connectivity index (χ1n) is 9.92. The van der Waals surface area contributed by atoms with Gasteiger partial charge in [0, 0.05) is 42.9 Å². The van der Waals surface area contributed by atoms with Gasteiger partial charge in [-0.25, -0.2) is 0 Å². The standard InChI is InChI=1S/C25H22N2O2/c1-27(16-19-9-5-8-18-14-26-15-23(18)19)25(28)22-11-10-20(17-6-3-2-4-7-17)24-21(22)12-13-29-24/h2-11,14H,12-13,15-16H2,1H3. The summed E-state index contributed by atoms with van der Waals surface area (Å²) in [5.74, 6) is 0.882. The topological polar surface area (TPSA) is 41.9 Å². The van der Waals surface area contributed by atoms with Crippen LogP contribution in [-0.2, 0) is 19.5 Å². The van der Waals surface area contributed by atoms with Gasteiger partial charge < -0.3 is 9.64 Å². The quantitative estimate of drug-likeness (QED) is 0.667. The van der Waals surface area contributed by atoms with E-state index in [0.717, 1.165) is 45.6 Å². The molecule has 2 aliphatic heterocycles. The molecule has 0 radical (unpaired) electrons. The summed E-state index contributed by atoms with van der Waals surface area (Å²) in [6.07, 6.45) is 2.67. The third-order valence-corrected chi connectivity index (χ3v) is 5.72. The first kappa shape index (κ1) is 17.7. The van der Waals surface area contributed by atoms with E-state index in [-0.39, 0.29) is 5.91 Å². The maximum Gasteiger partial charge on any atom is 0.254 e. The van der Waals surface area contributed by atoms with Crippen molar-refractivity contribution in [1.82, 2.24) is 4.90 Å². The molecule has 0 aromatic heterocycles. The van der Waals surface area contributed by atoms with Gasteiger partial charge in [-0.05, 0) is 34.4 Å². The van der Waals surface area contributed by atoms with Crippen LogP contribution in [0.15, 0.2) is 65.7 Å². The molecule has 0 fully saturated rings. The highest BCUT2D eigenvalue weighted by molar-refractivity contribution is 5.98. The predicted octanol–water partition coefficient (Wildman–Crippen LogP) is 4.49. The van der Waals surface area contributed by atoms with Crippen molar-refractivity contribution in [2.24, 2.45) is 4.99 Å². The smallest absolute Gasteiger partial charge is 0.254 e. The zero-order chi connectivity index (χ0) is 19.8. The lowest BCUT2D eigenvalue weighted by molar-refractivity contribution is 0.0784. The number of rotatable bonds is 4. The molecule has 144 valence electrons. The van der Waals surface area contributed by atoms with Crippen LogP contribution in [0, 0.1) is 0 Å². The fourth-order valence-electron chi connectivity index (χ4n) is 4.23. The lowest BCUT2D eigenvalue weighted by Crippen LogP contribution is -2.27. The molecule has 0 spiro atoms. The largest absolute Gasteiger partial charge is 0.492 e. The van der Waals surface area contributed by atoms with E-state index in [0.29, 0.717) is 19.7 Å². The molecule has 29 heavy (non-hydrogen) atoms. The van der Waals surface area contributed by atoms with E-state index in [2.05, 4.69) is 29.3 Å². The second-order valence-corrected chi connectivity index (χ2v) is 7.55. The first-order chi connectivity index (χ1) is 14.2. The summed E-state index contributed by atoms with van der Waals surface area (Å²) in [5, 5.41) is 0. The third kappa shape index (κ3) is 3.11. The van der Waals surface area contributed by atoms with E-state index in [1.165, 1.54) is 5.56 Å². The molecule has 3 aromatic carbocycles. The zero-order valence-corrected chi connectivity index (χ0v) is 16.4. The molecule has 0 unspecified atom stereocenters. The number of hydrogen-bond donors (Lipinski definition) is 0. The molecule has 0 saturated carbocycles. The van der Waals surface area contributed by atoms with Gasteiger partial charge in [-0.1, -0.05) is 48.5 Å². The van der Waals surface area contributed by atoms with E-state index in [4.69, 9.17) is 4.74 Å². The Labute approximate surface area is 170 Å². The van der Waals surface area contributed by atoms with Gasteiger partial charge in [-0.3, -0.25) is 9.79 Å². The van der Waals surface area contributed by atoms with Crippen LogP contribution in [0.25, 0.3) is 11.1 Å². The first-order valence-corrected chi connectivity index (χ1v) is 9.92. The van der Waals surface area contributed by atoms with Crippen molar-refractivity contribution in [1.29, 1.82) is 0 Å². The van der Waals surface area contributed by atoms with Crippen LogP contribution in [0.4, 0.5) is 0 Å². The van der Waals surface area contributed by atoms with Crippen LogP contribution in [0.3, 0.4) is 0 Å². The minimum absolute atomic E-state index is 0.0304. The molecule has 0 N–H and O–H groups in total. The van der Waals surface area contributed by atoms with Crippen molar-refractivity contribution in [2.75, 3.05) is 13.7 Å². The molecule has 5 rings (SSSR count). The molecule has 0 aliphatic carbocycles. The highest BCUT2D eigenvalue weighted by Crippen LogP contribution is 2.39. The van der Waals surface area contributed by atoms with Gasteiger partial charge in [0.2, 0.25) is 0 Å². The molecule has 1 amide bonds. The summed E-state index contributed by atoms with van der Waals surface area (Å²) < 4.78 is 5.95. The number of carbonyl (C=O) groups excluding carboxylic acids is 1. The van der Waals surface area contributed by atoms with Gasteiger partial charge in [-0.2, -0.15) is 0 Å². The number of fused-ring (bicyclic) bond motifs is 2. The summed E-state index contributed by atoms with van der Waals surface area (Å²) >= 11 is 0. The molecule has 3 aromatic rings. The average molecular weight is 382 g/mol. The van der Waals surface area contributed by atoms with Crippen molar-refractivity contribution < 1.29 is 9.53 Å². The highest BCUT2D eigenvalue weighted by Gasteiger charge is 2.26. The Bertz CT molecular complexity index is 1120. The summed E-state index contributed by atoms with van der Waals surface area (Å²) in [7, 11) is 1.87. The summed E-state index contributed by atoms with van der Waals surface area (Å²) in [5.41, 5.74) is 7.45. The number of aliphatic imine (C=N–C) groups is 1. The molecular weight excluding hydrogens is 360 g/mol. The summed E-state index contributed by atoms with van der Waals surface area (Å²) in [4.78, 5) is 19.5. The minimum atomic E-state index is 0.0304. The van der Waals surface area contributed by atoms with Gasteiger partial charge in [-0.15, -0.1) is 0 Å². The van der Waals surface area contributed by atoms with Gasteiger partial charge in [0.05, 0.1) is 13.2 Å². The van der Waals surface area contributed by atoms with Crippen LogP contribution in [0.2, 0.25) is 0 Å². The van der Waals surface area contributed by atoms with Crippen molar-refractivity contribution in [3.8, 4) is 16.9 Å². The molecule has 0 saturated heterocycles. The fraction of sp³-hybridized carbons (Fsp3) is 0.200. The second-order valence-electron chi connectivity index (χ2n) is 7.55. The van der Waals surface area contributed by atoms with E-state index in [1.807, 2.05) is 49.7 Å². The van der Waals surface area contributed by atoms with E-state index in [1.54, 1.807) is 4.90 Å². The van der Waals surface area contributed by atoms with Gasteiger partial charge >= 0.3 is 0 Å². The SMILES string of the molecule is CN(Cc1cccc2c1CN=C2)C(=O)c1ccc(-c2ccccc2)c2c1CCO2. The fourth-order valence-corrected chi connectivity index (χ4v) is 4.23. The van der Waals surface area contributed by atoms with Crippen LogP contribution < -0.4 is 4.74 Å². The monoisotopic (exact) mass is 382 g/mol.